The molecule has 0 atom stereocenters. The van der Waals surface area contributed by atoms with E-state index in [4.69, 9.17) is 9.47 Å². The van der Waals surface area contributed by atoms with Crippen molar-refractivity contribution in [3.8, 4) is 11.5 Å². The highest BCUT2D eigenvalue weighted by molar-refractivity contribution is 9.10. The van der Waals surface area contributed by atoms with Gasteiger partial charge in [0.2, 0.25) is 0 Å². The molecular weight excluding hydrogens is 500 g/mol. The zero-order valence-corrected chi connectivity index (χ0v) is 20.1. The second-order valence-electron chi connectivity index (χ2n) is 7.54. The molecule has 1 saturated heterocycles. The van der Waals surface area contributed by atoms with E-state index in [9.17, 15) is 14.4 Å². The van der Waals surface area contributed by atoms with Gasteiger partial charge in [-0.15, -0.1) is 0 Å². The molecule has 0 radical (unpaired) electrons. The van der Waals surface area contributed by atoms with Crippen LogP contribution in [0.4, 0.5) is 10.5 Å². The average molecular weight is 521 g/mol. The van der Waals surface area contributed by atoms with E-state index in [1.165, 1.54) is 13.2 Å². The fraction of sp³-hybridized carbons (Fsp3) is 0.115. The molecular formula is C26H21BrN2O5. The highest BCUT2D eigenvalue weighted by Crippen LogP contribution is 2.36. The Morgan fingerprint density at radius 2 is 1.68 bits per heavy atom. The second-order valence-corrected chi connectivity index (χ2v) is 8.40. The maximum Gasteiger partial charge on any atom is 0.335 e. The number of nitrogens with zero attached hydrogens (tertiary/aromatic N) is 1. The van der Waals surface area contributed by atoms with Crippen LogP contribution in [-0.4, -0.2) is 25.0 Å². The van der Waals surface area contributed by atoms with Crippen LogP contribution in [0.25, 0.3) is 6.08 Å². The quantitative estimate of drug-likeness (QED) is 0.364. The first kappa shape index (κ1) is 23.3. The van der Waals surface area contributed by atoms with Gasteiger partial charge in [0.25, 0.3) is 11.8 Å². The molecule has 0 spiro atoms. The molecule has 3 aromatic rings. The summed E-state index contributed by atoms with van der Waals surface area (Å²) in [7, 11) is 1.51. The number of anilines is 1. The lowest BCUT2D eigenvalue weighted by Gasteiger charge is -2.27. The molecule has 1 heterocycles. The minimum Gasteiger partial charge on any atom is -0.493 e. The summed E-state index contributed by atoms with van der Waals surface area (Å²) in [6.45, 7) is 2.13. The normalized spacial score (nSPS) is 14.9. The maximum absolute atomic E-state index is 13.2. The van der Waals surface area contributed by atoms with Crippen molar-refractivity contribution >= 4 is 45.5 Å². The number of carbonyl (C=O) groups excluding carboxylic acids is 3. The SMILES string of the molecule is COc1cc(/C=C2\C(=O)NC(=O)N(c3ccccc3C)C2=O)c(Br)cc1OCc1ccccc1. The number of benzene rings is 3. The summed E-state index contributed by atoms with van der Waals surface area (Å²) in [6.07, 6.45) is 1.42. The average Bonchev–Trinajstić information content (AvgIpc) is 2.83. The molecule has 0 aromatic heterocycles. The Morgan fingerprint density at radius 1 is 0.971 bits per heavy atom. The molecule has 0 saturated carbocycles. The molecule has 4 rings (SSSR count). The number of ether oxygens (including phenoxy) is 2. The second kappa shape index (κ2) is 9.93. The van der Waals surface area contributed by atoms with E-state index in [-0.39, 0.29) is 5.57 Å². The predicted molar refractivity (Wildman–Crippen MR) is 132 cm³/mol. The molecule has 4 amide bonds. The topological polar surface area (TPSA) is 84.9 Å². The summed E-state index contributed by atoms with van der Waals surface area (Å²) in [4.78, 5) is 39.2. The first-order chi connectivity index (χ1) is 16.4. The summed E-state index contributed by atoms with van der Waals surface area (Å²) in [5.74, 6) is -0.550. The number of rotatable bonds is 6. The molecule has 1 N–H and O–H groups in total. The molecule has 1 aliphatic heterocycles. The van der Waals surface area contributed by atoms with Crippen LogP contribution in [0, 0.1) is 6.92 Å². The Bertz CT molecular complexity index is 1300. The predicted octanol–water partition coefficient (Wildman–Crippen LogP) is 5.01. The number of amides is 4. The Hall–Kier alpha value is -3.91. The number of urea groups is 1. The lowest BCUT2D eigenvalue weighted by Crippen LogP contribution is -2.54. The van der Waals surface area contributed by atoms with Crippen molar-refractivity contribution < 1.29 is 23.9 Å². The van der Waals surface area contributed by atoms with Gasteiger partial charge in [-0.05, 0) is 47.9 Å². The highest BCUT2D eigenvalue weighted by Gasteiger charge is 2.37. The van der Waals surface area contributed by atoms with Crippen LogP contribution in [0.1, 0.15) is 16.7 Å². The van der Waals surface area contributed by atoms with E-state index in [0.717, 1.165) is 16.0 Å². The fourth-order valence-corrected chi connectivity index (χ4v) is 3.95. The zero-order valence-electron chi connectivity index (χ0n) is 18.5. The van der Waals surface area contributed by atoms with Crippen LogP contribution in [0.5, 0.6) is 11.5 Å². The fourth-order valence-electron chi connectivity index (χ4n) is 3.52. The third-order valence-electron chi connectivity index (χ3n) is 5.28. The summed E-state index contributed by atoms with van der Waals surface area (Å²) in [5.41, 5.74) is 2.47. The number of hydrogen-bond donors (Lipinski definition) is 1. The van der Waals surface area contributed by atoms with Crippen LogP contribution >= 0.6 is 15.9 Å². The number of barbiturate groups is 1. The van der Waals surface area contributed by atoms with Crippen LogP contribution in [0.2, 0.25) is 0 Å². The van der Waals surface area contributed by atoms with Gasteiger partial charge in [-0.2, -0.15) is 0 Å². The molecule has 3 aromatic carbocycles. The molecule has 0 unspecified atom stereocenters. The van der Waals surface area contributed by atoms with Crippen LogP contribution in [0.15, 0.2) is 76.8 Å². The number of aryl methyl sites for hydroxylation is 1. The summed E-state index contributed by atoms with van der Waals surface area (Å²) >= 11 is 3.48. The number of nitrogens with one attached hydrogen (secondary N) is 1. The van der Waals surface area contributed by atoms with Gasteiger partial charge in [0.15, 0.2) is 11.5 Å². The number of hydrogen-bond acceptors (Lipinski definition) is 5. The highest BCUT2D eigenvalue weighted by atomic mass is 79.9. The van der Waals surface area contributed by atoms with Crippen molar-refractivity contribution in [2.45, 2.75) is 13.5 Å². The van der Waals surface area contributed by atoms with E-state index in [1.54, 1.807) is 43.3 Å². The number of para-hydroxylation sites is 1. The molecule has 1 fully saturated rings. The maximum atomic E-state index is 13.2. The molecule has 7 nitrogen and oxygen atoms in total. The first-order valence-electron chi connectivity index (χ1n) is 10.4. The Kier molecular flexibility index (Phi) is 6.79. The monoisotopic (exact) mass is 520 g/mol. The number of carbonyl (C=O) groups is 3. The van der Waals surface area contributed by atoms with Crippen LogP contribution in [0.3, 0.4) is 0 Å². The minimum absolute atomic E-state index is 0.177. The molecule has 34 heavy (non-hydrogen) atoms. The van der Waals surface area contributed by atoms with Gasteiger partial charge in [-0.25, -0.2) is 9.69 Å². The van der Waals surface area contributed by atoms with E-state index in [1.807, 2.05) is 30.3 Å². The van der Waals surface area contributed by atoms with Gasteiger partial charge >= 0.3 is 6.03 Å². The van der Waals surface area contributed by atoms with E-state index >= 15 is 0 Å². The Morgan fingerprint density at radius 3 is 2.38 bits per heavy atom. The van der Waals surface area contributed by atoms with Crippen LogP contribution < -0.4 is 19.7 Å². The smallest absolute Gasteiger partial charge is 0.335 e. The molecule has 0 aliphatic carbocycles. The lowest BCUT2D eigenvalue weighted by atomic mass is 10.1. The standard InChI is InChI=1S/C26H21BrN2O5/c1-16-8-6-7-11-21(16)29-25(31)19(24(30)28-26(29)32)12-18-13-22(33-2)23(14-20(18)27)34-15-17-9-4-3-5-10-17/h3-14H,15H2,1-2H3,(H,28,30,32)/b19-12+. The van der Waals surface area contributed by atoms with Crippen molar-refractivity contribution in [3.63, 3.8) is 0 Å². The van der Waals surface area contributed by atoms with Gasteiger partial charge in [-0.1, -0.05) is 64.5 Å². The van der Waals surface area contributed by atoms with Gasteiger partial charge in [-0.3, -0.25) is 14.9 Å². The largest absolute Gasteiger partial charge is 0.493 e. The number of methoxy groups -OCH3 is 1. The lowest BCUT2D eigenvalue weighted by molar-refractivity contribution is -0.122. The van der Waals surface area contributed by atoms with Crippen molar-refractivity contribution in [1.82, 2.24) is 5.32 Å². The third kappa shape index (κ3) is 4.72. The molecule has 1 aliphatic rings. The zero-order chi connectivity index (χ0) is 24.2. The number of imide groups is 2. The summed E-state index contributed by atoms with van der Waals surface area (Å²) < 4.78 is 12.0. The van der Waals surface area contributed by atoms with Gasteiger partial charge in [0.05, 0.1) is 12.8 Å². The first-order valence-corrected chi connectivity index (χ1v) is 11.2. The summed E-state index contributed by atoms with van der Waals surface area (Å²) in [5, 5.41) is 2.24. The minimum atomic E-state index is -0.789. The third-order valence-corrected chi connectivity index (χ3v) is 5.96. The molecule has 0 bridgehead atoms. The molecule has 8 heteroatoms. The van der Waals surface area contributed by atoms with Crippen molar-refractivity contribution in [1.29, 1.82) is 0 Å². The Labute approximate surface area is 205 Å². The van der Waals surface area contributed by atoms with Gasteiger partial charge < -0.3 is 9.47 Å². The van der Waals surface area contributed by atoms with Crippen molar-refractivity contribution in [3.05, 3.63) is 93.5 Å². The van der Waals surface area contributed by atoms with Gasteiger partial charge in [0, 0.05) is 4.47 Å². The van der Waals surface area contributed by atoms with Gasteiger partial charge in [0.1, 0.15) is 12.2 Å². The summed E-state index contributed by atoms with van der Waals surface area (Å²) in [6, 6.07) is 19.2. The van der Waals surface area contributed by atoms with Crippen molar-refractivity contribution in [2.75, 3.05) is 12.0 Å². The van der Waals surface area contributed by atoms with E-state index in [0.29, 0.717) is 33.8 Å². The Balaban J connectivity index is 1.66. The van der Waals surface area contributed by atoms with Crippen molar-refractivity contribution in [2.24, 2.45) is 0 Å². The molecule has 172 valence electrons. The number of halogens is 1. The van der Waals surface area contributed by atoms with E-state index < -0.39 is 17.8 Å². The van der Waals surface area contributed by atoms with Crippen LogP contribution in [-0.2, 0) is 16.2 Å². The van der Waals surface area contributed by atoms with E-state index in [2.05, 4.69) is 21.2 Å².